The Balaban J connectivity index is 2.35. The molecule has 0 aromatic heterocycles. The molecule has 0 aromatic carbocycles. The molecule has 0 radical (unpaired) electrons. The number of aliphatic hydroxyl groups is 1. The van der Waals surface area contributed by atoms with Gasteiger partial charge in [0.1, 0.15) is 0 Å². The van der Waals surface area contributed by atoms with E-state index in [1.807, 2.05) is 0 Å². The van der Waals surface area contributed by atoms with Crippen molar-refractivity contribution in [2.75, 3.05) is 33.1 Å². The van der Waals surface area contributed by atoms with Crippen LogP contribution in [0.5, 0.6) is 0 Å². The van der Waals surface area contributed by atoms with Crippen LogP contribution in [-0.4, -0.2) is 57.0 Å². The van der Waals surface area contributed by atoms with Gasteiger partial charge in [-0.15, -0.1) is 0 Å². The third-order valence-electron chi connectivity index (χ3n) is 3.22. The average molecular weight is 265 g/mol. The maximum Gasteiger partial charge on any atom is 0.211 e. The standard InChI is InChI=1S/C11H23NO4S/c1-16-9-11(13)6-5-10-4-3-7-12(8-10)17(2,14)15/h10-11,13H,3-9H2,1-2H3. The second-order valence-electron chi connectivity index (χ2n) is 4.82. The molecule has 17 heavy (non-hydrogen) atoms. The summed E-state index contributed by atoms with van der Waals surface area (Å²) in [7, 11) is -1.50. The van der Waals surface area contributed by atoms with Gasteiger partial charge in [-0.1, -0.05) is 0 Å². The molecular formula is C11H23NO4S. The van der Waals surface area contributed by atoms with Gasteiger partial charge in [0, 0.05) is 20.2 Å². The van der Waals surface area contributed by atoms with Crippen LogP contribution in [0.2, 0.25) is 0 Å². The molecule has 0 spiro atoms. The Labute approximate surface area is 104 Å². The maximum absolute atomic E-state index is 11.4. The summed E-state index contributed by atoms with van der Waals surface area (Å²) in [6.45, 7) is 1.58. The number of nitrogens with zero attached hydrogens (tertiary/aromatic N) is 1. The zero-order valence-corrected chi connectivity index (χ0v) is 11.4. The van der Waals surface area contributed by atoms with Crippen molar-refractivity contribution < 1.29 is 18.3 Å². The van der Waals surface area contributed by atoms with Crippen molar-refractivity contribution in [2.45, 2.75) is 31.8 Å². The van der Waals surface area contributed by atoms with Crippen molar-refractivity contribution in [3.8, 4) is 0 Å². The Morgan fingerprint density at radius 1 is 1.53 bits per heavy atom. The lowest BCUT2D eigenvalue weighted by atomic mass is 9.93. The third kappa shape index (κ3) is 5.33. The number of hydrogen-bond acceptors (Lipinski definition) is 4. The third-order valence-corrected chi connectivity index (χ3v) is 4.49. The molecule has 2 unspecified atom stereocenters. The highest BCUT2D eigenvalue weighted by Gasteiger charge is 2.25. The van der Waals surface area contributed by atoms with E-state index in [0.717, 1.165) is 19.3 Å². The van der Waals surface area contributed by atoms with E-state index in [-0.39, 0.29) is 0 Å². The van der Waals surface area contributed by atoms with Gasteiger partial charge < -0.3 is 9.84 Å². The summed E-state index contributed by atoms with van der Waals surface area (Å²) < 4.78 is 29.3. The van der Waals surface area contributed by atoms with Gasteiger partial charge >= 0.3 is 0 Å². The zero-order valence-electron chi connectivity index (χ0n) is 10.6. The molecule has 1 saturated heterocycles. The zero-order chi connectivity index (χ0) is 12.9. The number of sulfonamides is 1. The molecule has 0 bridgehead atoms. The lowest BCUT2D eigenvalue weighted by Gasteiger charge is -2.31. The van der Waals surface area contributed by atoms with Crippen LogP contribution in [0.25, 0.3) is 0 Å². The highest BCUT2D eigenvalue weighted by atomic mass is 32.2. The molecule has 1 aliphatic heterocycles. The van der Waals surface area contributed by atoms with Crippen LogP contribution in [0.3, 0.4) is 0 Å². The van der Waals surface area contributed by atoms with Crippen molar-refractivity contribution in [2.24, 2.45) is 5.92 Å². The molecule has 102 valence electrons. The van der Waals surface area contributed by atoms with Gasteiger partial charge in [0.05, 0.1) is 19.0 Å². The molecule has 1 aliphatic rings. The molecule has 1 fully saturated rings. The van der Waals surface area contributed by atoms with Crippen LogP contribution < -0.4 is 0 Å². The SMILES string of the molecule is COCC(O)CCC1CCCN(S(C)(=O)=O)C1. The summed E-state index contributed by atoms with van der Waals surface area (Å²) >= 11 is 0. The number of aliphatic hydroxyl groups excluding tert-OH is 1. The van der Waals surface area contributed by atoms with E-state index in [1.54, 1.807) is 11.4 Å². The van der Waals surface area contributed by atoms with Gasteiger partial charge in [0.25, 0.3) is 0 Å². The first kappa shape index (κ1) is 14.9. The summed E-state index contributed by atoms with van der Waals surface area (Å²) in [5, 5.41) is 9.55. The van der Waals surface area contributed by atoms with Crippen LogP contribution in [-0.2, 0) is 14.8 Å². The second-order valence-corrected chi connectivity index (χ2v) is 6.80. The van der Waals surface area contributed by atoms with Crippen molar-refractivity contribution in [1.29, 1.82) is 0 Å². The number of piperidine rings is 1. The fourth-order valence-electron chi connectivity index (χ4n) is 2.27. The van der Waals surface area contributed by atoms with Gasteiger partial charge in [-0.05, 0) is 31.6 Å². The number of ether oxygens (including phenoxy) is 1. The van der Waals surface area contributed by atoms with Crippen LogP contribution >= 0.6 is 0 Å². The molecule has 6 heteroatoms. The first-order valence-electron chi connectivity index (χ1n) is 6.05. The molecule has 0 saturated carbocycles. The monoisotopic (exact) mass is 265 g/mol. The van der Waals surface area contributed by atoms with Crippen molar-refractivity contribution in [3.63, 3.8) is 0 Å². The van der Waals surface area contributed by atoms with Gasteiger partial charge in [0.15, 0.2) is 0 Å². The fraction of sp³-hybridized carbons (Fsp3) is 1.00. The number of rotatable bonds is 6. The highest BCUT2D eigenvalue weighted by molar-refractivity contribution is 7.88. The molecule has 1 rings (SSSR count). The normalized spacial score (nSPS) is 24.8. The van der Waals surface area contributed by atoms with Crippen LogP contribution in [0.1, 0.15) is 25.7 Å². The van der Waals surface area contributed by atoms with Crippen LogP contribution in [0, 0.1) is 5.92 Å². The van der Waals surface area contributed by atoms with Gasteiger partial charge in [-0.3, -0.25) is 0 Å². The Morgan fingerprint density at radius 3 is 2.82 bits per heavy atom. The van der Waals surface area contributed by atoms with E-state index in [4.69, 9.17) is 4.74 Å². The van der Waals surface area contributed by atoms with E-state index in [1.165, 1.54) is 6.26 Å². The van der Waals surface area contributed by atoms with E-state index >= 15 is 0 Å². The molecule has 0 aliphatic carbocycles. The van der Waals surface area contributed by atoms with Crippen LogP contribution in [0.15, 0.2) is 0 Å². The second kappa shape index (κ2) is 6.68. The first-order valence-corrected chi connectivity index (χ1v) is 7.90. The van der Waals surface area contributed by atoms with Crippen molar-refractivity contribution in [3.05, 3.63) is 0 Å². The van der Waals surface area contributed by atoms with E-state index < -0.39 is 16.1 Å². The lowest BCUT2D eigenvalue weighted by Crippen LogP contribution is -2.39. The summed E-state index contributed by atoms with van der Waals surface area (Å²) in [5.74, 6) is 0.366. The maximum atomic E-state index is 11.4. The largest absolute Gasteiger partial charge is 0.391 e. The quantitative estimate of drug-likeness (QED) is 0.757. The summed E-state index contributed by atoms with van der Waals surface area (Å²) in [6.07, 6.45) is 4.32. The van der Waals surface area contributed by atoms with E-state index in [2.05, 4.69) is 0 Å². The van der Waals surface area contributed by atoms with Gasteiger partial charge in [0.2, 0.25) is 10.0 Å². The van der Waals surface area contributed by atoms with Crippen molar-refractivity contribution >= 4 is 10.0 Å². The predicted molar refractivity (Wildman–Crippen MR) is 66.3 cm³/mol. The minimum atomic E-state index is -3.06. The first-order chi connectivity index (χ1) is 7.93. The molecule has 1 N–H and O–H groups in total. The van der Waals surface area contributed by atoms with E-state index in [0.29, 0.717) is 32.0 Å². The average Bonchev–Trinajstić information content (AvgIpc) is 2.26. The van der Waals surface area contributed by atoms with Crippen molar-refractivity contribution in [1.82, 2.24) is 4.31 Å². The van der Waals surface area contributed by atoms with Crippen LogP contribution in [0.4, 0.5) is 0 Å². The van der Waals surface area contributed by atoms with E-state index in [9.17, 15) is 13.5 Å². The Hall–Kier alpha value is -0.170. The topological polar surface area (TPSA) is 66.8 Å². The minimum Gasteiger partial charge on any atom is -0.391 e. The Bertz CT molecular complexity index is 317. The predicted octanol–water partition coefficient (Wildman–Crippen LogP) is 0.446. The lowest BCUT2D eigenvalue weighted by molar-refractivity contribution is 0.0530. The Morgan fingerprint density at radius 2 is 2.24 bits per heavy atom. The minimum absolute atomic E-state index is 0.350. The summed E-state index contributed by atoms with van der Waals surface area (Å²) in [6, 6.07) is 0. The molecule has 1 heterocycles. The Kier molecular flexibility index (Phi) is 5.85. The summed E-state index contributed by atoms with van der Waals surface area (Å²) in [4.78, 5) is 0. The smallest absolute Gasteiger partial charge is 0.211 e. The van der Waals surface area contributed by atoms with Gasteiger partial charge in [-0.2, -0.15) is 0 Å². The molecule has 0 aromatic rings. The molecule has 2 atom stereocenters. The van der Waals surface area contributed by atoms with Gasteiger partial charge in [-0.25, -0.2) is 12.7 Å². The molecular weight excluding hydrogens is 242 g/mol. The summed E-state index contributed by atoms with van der Waals surface area (Å²) in [5.41, 5.74) is 0. The molecule has 0 amide bonds. The molecule has 5 nitrogen and oxygen atoms in total. The fourth-order valence-corrected chi connectivity index (χ4v) is 3.21. The number of methoxy groups -OCH3 is 1. The highest BCUT2D eigenvalue weighted by Crippen LogP contribution is 2.23. The number of hydrogen-bond donors (Lipinski definition) is 1.